The van der Waals surface area contributed by atoms with Crippen LogP contribution in [0.5, 0.6) is 0 Å². The molecule has 0 unspecified atom stereocenters. The number of halogens is 1. The van der Waals surface area contributed by atoms with Crippen LogP contribution < -0.4 is 5.32 Å². The van der Waals surface area contributed by atoms with Gasteiger partial charge in [-0.05, 0) is 30.9 Å². The van der Waals surface area contributed by atoms with Gasteiger partial charge in [0.25, 0.3) is 0 Å². The molecule has 2 aliphatic rings. The second-order valence-electron chi connectivity index (χ2n) is 8.52. The van der Waals surface area contributed by atoms with E-state index in [1.807, 2.05) is 12.1 Å². The van der Waals surface area contributed by atoms with E-state index in [1.165, 1.54) is 35.2 Å². The molecule has 1 saturated carbocycles. The number of anilines is 1. The van der Waals surface area contributed by atoms with Crippen molar-refractivity contribution in [3.05, 3.63) is 29.4 Å². The van der Waals surface area contributed by atoms with Crippen molar-refractivity contribution in [2.24, 2.45) is 11.3 Å². The van der Waals surface area contributed by atoms with Crippen molar-refractivity contribution in [3.8, 4) is 0 Å². The zero-order chi connectivity index (χ0) is 20.6. The third-order valence-corrected chi connectivity index (χ3v) is 6.74. The number of hydrogen-bond donors (Lipinski definition) is 1. The van der Waals surface area contributed by atoms with Crippen LogP contribution in [0, 0.1) is 11.3 Å². The minimum Gasteiger partial charge on any atom is -0.379 e. The second-order valence-corrected chi connectivity index (χ2v) is 8.92. The van der Waals surface area contributed by atoms with E-state index >= 15 is 0 Å². The number of carbonyl (C=O) groups is 2. The third-order valence-electron chi connectivity index (χ3n) is 6.42. The summed E-state index contributed by atoms with van der Waals surface area (Å²) in [7, 11) is 3.40. The Hall–Kier alpha value is -2.05. The Labute approximate surface area is 176 Å². The Morgan fingerprint density at radius 2 is 1.86 bits per heavy atom. The minimum atomic E-state index is -0.481. The molecule has 1 saturated heterocycles. The standard InChI is InChI=1S/C22H28ClN3O3/c1-25(2)21(28)26-12-17(19-16(23)10-7-11-18(19)26)24-20(27)22(13-29-14-22)15-8-5-3-4-6-9-15/h7,10-12,15H,3-6,8-9,13-14H2,1-2H3,(H,24,27). The van der Waals surface area contributed by atoms with Crippen molar-refractivity contribution in [2.45, 2.75) is 38.5 Å². The van der Waals surface area contributed by atoms with Crippen molar-refractivity contribution in [3.63, 3.8) is 0 Å². The van der Waals surface area contributed by atoms with Gasteiger partial charge >= 0.3 is 6.03 Å². The lowest BCUT2D eigenvalue weighted by Crippen LogP contribution is -2.56. The predicted octanol–water partition coefficient (Wildman–Crippen LogP) is 4.75. The SMILES string of the molecule is CN(C)C(=O)n1cc(NC(=O)C2(C3CCCCCC3)COC2)c2c(Cl)cccc21. The summed E-state index contributed by atoms with van der Waals surface area (Å²) in [5.74, 6) is 0.318. The molecule has 1 aromatic heterocycles. The lowest BCUT2D eigenvalue weighted by Gasteiger charge is -2.45. The molecule has 2 fully saturated rings. The van der Waals surface area contributed by atoms with E-state index in [4.69, 9.17) is 16.3 Å². The number of fused-ring (bicyclic) bond motifs is 1. The topological polar surface area (TPSA) is 63.6 Å². The van der Waals surface area contributed by atoms with Gasteiger partial charge in [-0.15, -0.1) is 0 Å². The molecule has 2 aromatic rings. The number of nitrogens with zero attached hydrogens (tertiary/aromatic N) is 2. The van der Waals surface area contributed by atoms with E-state index in [0.29, 0.717) is 40.7 Å². The lowest BCUT2D eigenvalue weighted by molar-refractivity contribution is -0.170. The fourth-order valence-corrected chi connectivity index (χ4v) is 4.94. The highest BCUT2D eigenvalue weighted by Crippen LogP contribution is 2.44. The summed E-state index contributed by atoms with van der Waals surface area (Å²) < 4.78 is 7.06. The summed E-state index contributed by atoms with van der Waals surface area (Å²) in [6, 6.07) is 5.23. The Balaban J connectivity index is 1.68. The molecule has 2 amide bonds. The van der Waals surface area contributed by atoms with E-state index < -0.39 is 5.41 Å². The number of ether oxygens (including phenoxy) is 1. The van der Waals surface area contributed by atoms with Crippen LogP contribution in [0.1, 0.15) is 38.5 Å². The molecular weight excluding hydrogens is 390 g/mol. The first-order chi connectivity index (χ1) is 13.9. The predicted molar refractivity (Wildman–Crippen MR) is 115 cm³/mol. The van der Waals surface area contributed by atoms with Gasteiger partial charge in [-0.25, -0.2) is 4.79 Å². The second kappa shape index (κ2) is 8.00. The largest absolute Gasteiger partial charge is 0.379 e. The van der Waals surface area contributed by atoms with Gasteiger partial charge in [0.15, 0.2) is 0 Å². The number of hydrogen-bond acceptors (Lipinski definition) is 3. The number of aromatic nitrogens is 1. The van der Waals surface area contributed by atoms with E-state index in [9.17, 15) is 9.59 Å². The van der Waals surface area contributed by atoms with Gasteiger partial charge in [-0.1, -0.05) is 43.4 Å². The third kappa shape index (κ3) is 3.53. The maximum absolute atomic E-state index is 13.5. The fourth-order valence-electron chi connectivity index (χ4n) is 4.66. The van der Waals surface area contributed by atoms with E-state index in [1.54, 1.807) is 26.4 Å². The number of carbonyl (C=O) groups excluding carboxylic acids is 2. The molecule has 0 bridgehead atoms. The number of amides is 2. The number of benzene rings is 1. The van der Waals surface area contributed by atoms with Crippen LogP contribution in [0.2, 0.25) is 5.02 Å². The molecule has 0 spiro atoms. The first-order valence-corrected chi connectivity index (χ1v) is 10.7. The summed E-state index contributed by atoms with van der Waals surface area (Å²) in [6.45, 7) is 0.930. The Morgan fingerprint density at radius 1 is 1.17 bits per heavy atom. The van der Waals surface area contributed by atoms with Gasteiger partial charge in [0.2, 0.25) is 5.91 Å². The van der Waals surface area contributed by atoms with Crippen LogP contribution in [0.15, 0.2) is 24.4 Å². The molecule has 4 rings (SSSR count). The summed E-state index contributed by atoms with van der Waals surface area (Å²) >= 11 is 6.46. The smallest absolute Gasteiger partial charge is 0.328 e. The van der Waals surface area contributed by atoms with E-state index in [2.05, 4.69) is 5.32 Å². The Morgan fingerprint density at radius 3 is 2.45 bits per heavy atom. The quantitative estimate of drug-likeness (QED) is 0.733. The molecule has 2 heterocycles. The molecule has 1 aliphatic carbocycles. The normalized spacial score (nSPS) is 19.4. The molecule has 1 aromatic carbocycles. The zero-order valence-electron chi connectivity index (χ0n) is 17.0. The van der Waals surface area contributed by atoms with Crippen molar-refractivity contribution < 1.29 is 14.3 Å². The molecule has 29 heavy (non-hydrogen) atoms. The molecular formula is C22H28ClN3O3. The van der Waals surface area contributed by atoms with Crippen molar-refractivity contribution in [2.75, 3.05) is 32.6 Å². The maximum Gasteiger partial charge on any atom is 0.328 e. The molecule has 0 atom stereocenters. The molecule has 1 aliphatic heterocycles. The molecule has 1 N–H and O–H groups in total. The summed E-state index contributed by atoms with van der Waals surface area (Å²) in [4.78, 5) is 27.6. The van der Waals surface area contributed by atoms with Crippen LogP contribution in [-0.4, -0.2) is 48.7 Å². The van der Waals surface area contributed by atoms with Crippen LogP contribution in [-0.2, 0) is 9.53 Å². The average molecular weight is 418 g/mol. The van der Waals surface area contributed by atoms with Crippen LogP contribution in [0.4, 0.5) is 10.5 Å². The van der Waals surface area contributed by atoms with Crippen LogP contribution >= 0.6 is 11.6 Å². The van der Waals surface area contributed by atoms with Gasteiger partial charge in [-0.3, -0.25) is 9.36 Å². The van der Waals surface area contributed by atoms with Crippen molar-refractivity contribution >= 4 is 40.1 Å². The van der Waals surface area contributed by atoms with Gasteiger partial charge < -0.3 is 15.0 Å². The number of rotatable bonds is 3. The summed E-state index contributed by atoms with van der Waals surface area (Å²) in [6.07, 6.45) is 8.63. The van der Waals surface area contributed by atoms with Crippen molar-refractivity contribution in [1.82, 2.24) is 9.47 Å². The first-order valence-electron chi connectivity index (χ1n) is 10.3. The van der Waals surface area contributed by atoms with Gasteiger partial charge in [0, 0.05) is 25.7 Å². The monoisotopic (exact) mass is 417 g/mol. The minimum absolute atomic E-state index is 0.0214. The van der Waals surface area contributed by atoms with E-state index in [0.717, 1.165) is 12.8 Å². The highest BCUT2D eigenvalue weighted by molar-refractivity contribution is 6.37. The zero-order valence-corrected chi connectivity index (χ0v) is 17.8. The molecule has 0 radical (unpaired) electrons. The Bertz CT molecular complexity index is 925. The van der Waals surface area contributed by atoms with Gasteiger partial charge in [0.1, 0.15) is 0 Å². The number of nitrogens with one attached hydrogen (secondary N) is 1. The highest BCUT2D eigenvalue weighted by Gasteiger charge is 2.51. The molecule has 7 heteroatoms. The maximum atomic E-state index is 13.5. The highest BCUT2D eigenvalue weighted by atomic mass is 35.5. The van der Waals surface area contributed by atoms with Gasteiger partial charge in [-0.2, -0.15) is 0 Å². The van der Waals surface area contributed by atoms with Crippen LogP contribution in [0.25, 0.3) is 10.9 Å². The van der Waals surface area contributed by atoms with Gasteiger partial charge in [0.05, 0.1) is 34.9 Å². The molecule has 6 nitrogen and oxygen atoms in total. The lowest BCUT2D eigenvalue weighted by atomic mass is 9.69. The summed E-state index contributed by atoms with van der Waals surface area (Å²) in [5, 5.41) is 4.30. The van der Waals surface area contributed by atoms with Crippen LogP contribution in [0.3, 0.4) is 0 Å². The fraction of sp³-hybridized carbons (Fsp3) is 0.545. The molecule has 156 valence electrons. The summed E-state index contributed by atoms with van der Waals surface area (Å²) in [5.41, 5.74) is 0.775. The van der Waals surface area contributed by atoms with E-state index in [-0.39, 0.29) is 11.9 Å². The Kier molecular flexibility index (Phi) is 5.58. The first kappa shape index (κ1) is 20.2. The van der Waals surface area contributed by atoms with Crippen molar-refractivity contribution in [1.29, 1.82) is 0 Å². The average Bonchev–Trinajstić information content (AvgIpc) is 2.82.